The Morgan fingerprint density at radius 2 is 1.83 bits per heavy atom. The largest absolute Gasteiger partial charge is 0.435 e. The number of hydrogen-bond donors (Lipinski definition) is 0. The molecule has 2 fully saturated rings. The summed E-state index contributed by atoms with van der Waals surface area (Å²) in [5, 5.41) is 3.59. The second-order valence-corrected chi connectivity index (χ2v) is 8.19. The summed E-state index contributed by atoms with van der Waals surface area (Å²) in [6, 6.07) is 0.769. The first-order chi connectivity index (χ1) is 13.7. The lowest BCUT2D eigenvalue weighted by Gasteiger charge is -2.34. The fourth-order valence-corrected chi connectivity index (χ4v) is 4.48. The number of hydrogen-bond acceptors (Lipinski definition) is 3. The number of aromatic nitrogens is 2. The Labute approximate surface area is 169 Å². The molecule has 0 bridgehead atoms. The summed E-state index contributed by atoms with van der Waals surface area (Å²) in [7, 11) is 1.81. The molecule has 1 aromatic rings. The predicted molar refractivity (Wildman–Crippen MR) is 101 cm³/mol. The van der Waals surface area contributed by atoms with Gasteiger partial charge in [0, 0.05) is 31.9 Å². The first kappa shape index (κ1) is 21.6. The van der Waals surface area contributed by atoms with Crippen LogP contribution in [0, 0.1) is 12.8 Å². The van der Waals surface area contributed by atoms with E-state index in [0.717, 1.165) is 62.2 Å². The molecular weight excluding hydrogens is 385 g/mol. The topological polar surface area (TPSA) is 58.4 Å². The molecule has 6 nitrogen and oxygen atoms in total. The van der Waals surface area contributed by atoms with E-state index in [4.69, 9.17) is 0 Å². The quantitative estimate of drug-likeness (QED) is 0.747. The first-order valence-electron chi connectivity index (χ1n) is 10.3. The maximum atomic E-state index is 13.1. The molecule has 1 saturated heterocycles. The number of alkyl halides is 3. The lowest BCUT2D eigenvalue weighted by molar-refractivity contribution is -0.143. The minimum atomic E-state index is -4.54. The monoisotopic (exact) mass is 414 g/mol. The third kappa shape index (κ3) is 4.93. The van der Waals surface area contributed by atoms with E-state index >= 15 is 0 Å². The van der Waals surface area contributed by atoms with Crippen molar-refractivity contribution in [2.45, 2.75) is 70.6 Å². The average Bonchev–Trinajstić information content (AvgIpc) is 3.26. The predicted octanol–water partition coefficient (Wildman–Crippen LogP) is 3.24. The zero-order chi connectivity index (χ0) is 21.2. The minimum absolute atomic E-state index is 0.0711. The first-order valence-corrected chi connectivity index (χ1v) is 10.3. The molecule has 0 radical (unpaired) electrons. The summed E-state index contributed by atoms with van der Waals surface area (Å²) in [5.74, 6) is -0.426. The van der Waals surface area contributed by atoms with Crippen LogP contribution in [0.15, 0.2) is 6.07 Å². The molecule has 2 atom stereocenters. The van der Waals surface area contributed by atoms with Crippen molar-refractivity contribution in [3.63, 3.8) is 0 Å². The molecule has 0 spiro atoms. The van der Waals surface area contributed by atoms with Gasteiger partial charge in [-0.3, -0.25) is 14.3 Å². The second kappa shape index (κ2) is 8.75. The summed E-state index contributed by atoms with van der Waals surface area (Å²) in [4.78, 5) is 29.5. The molecule has 2 aliphatic rings. The molecule has 2 amide bonds. The Bertz CT molecular complexity index is 747. The number of halogens is 3. The fraction of sp³-hybridized carbons (Fsp3) is 0.750. The third-order valence-corrected chi connectivity index (χ3v) is 6.09. The van der Waals surface area contributed by atoms with Gasteiger partial charge in [0.25, 0.3) is 0 Å². The smallest absolute Gasteiger partial charge is 0.345 e. The van der Waals surface area contributed by atoms with Crippen LogP contribution in [0.4, 0.5) is 13.2 Å². The SMILES string of the molecule is Cc1cc(C(F)(F)F)nn1CC(=O)N1CCCCCCN(C)C(=O)[C@@H]2CCC[C@@H]21. The van der Waals surface area contributed by atoms with Crippen molar-refractivity contribution < 1.29 is 22.8 Å². The number of amides is 2. The molecule has 0 N–H and O–H groups in total. The van der Waals surface area contributed by atoms with Crippen LogP contribution < -0.4 is 0 Å². The molecule has 1 aromatic heterocycles. The van der Waals surface area contributed by atoms with Crippen LogP contribution in [0.1, 0.15) is 56.3 Å². The van der Waals surface area contributed by atoms with Gasteiger partial charge in [-0.1, -0.05) is 19.3 Å². The second-order valence-electron chi connectivity index (χ2n) is 8.19. The molecule has 0 aromatic carbocycles. The van der Waals surface area contributed by atoms with Gasteiger partial charge in [-0.2, -0.15) is 18.3 Å². The van der Waals surface area contributed by atoms with Gasteiger partial charge in [0.05, 0.1) is 5.92 Å². The van der Waals surface area contributed by atoms with Crippen LogP contribution >= 0.6 is 0 Å². The Morgan fingerprint density at radius 1 is 1.14 bits per heavy atom. The van der Waals surface area contributed by atoms with Gasteiger partial charge in [0.15, 0.2) is 5.69 Å². The maximum Gasteiger partial charge on any atom is 0.435 e. The molecule has 1 aliphatic heterocycles. The van der Waals surface area contributed by atoms with Gasteiger partial charge in [-0.05, 0) is 38.7 Å². The van der Waals surface area contributed by atoms with Gasteiger partial charge < -0.3 is 9.80 Å². The fourth-order valence-electron chi connectivity index (χ4n) is 4.48. The summed E-state index contributed by atoms with van der Waals surface area (Å²) < 4.78 is 39.9. The minimum Gasteiger partial charge on any atom is -0.345 e. The molecule has 0 unspecified atom stereocenters. The van der Waals surface area contributed by atoms with Crippen molar-refractivity contribution in [2.75, 3.05) is 20.1 Å². The standard InChI is InChI=1S/C20H29F3N4O2/c1-14-12-17(20(21,22)23)24-27(14)13-18(28)26-11-6-4-3-5-10-25(2)19(29)15-8-7-9-16(15)26/h12,15-16H,3-11,13H2,1-2H3/t15-,16+/m1/s1. The van der Waals surface area contributed by atoms with Crippen molar-refractivity contribution in [2.24, 2.45) is 5.92 Å². The number of fused-ring (bicyclic) bond motifs is 1. The van der Waals surface area contributed by atoms with Crippen molar-refractivity contribution in [1.29, 1.82) is 0 Å². The summed E-state index contributed by atoms with van der Waals surface area (Å²) in [5.41, 5.74) is -0.696. The molecule has 3 rings (SSSR count). The highest BCUT2D eigenvalue weighted by molar-refractivity contribution is 5.82. The maximum absolute atomic E-state index is 13.1. The highest BCUT2D eigenvalue weighted by Gasteiger charge is 2.40. The van der Waals surface area contributed by atoms with Crippen LogP contribution in [-0.2, 0) is 22.3 Å². The molecule has 29 heavy (non-hydrogen) atoms. The van der Waals surface area contributed by atoms with Crippen LogP contribution in [0.2, 0.25) is 0 Å². The summed E-state index contributed by atoms with van der Waals surface area (Å²) >= 11 is 0. The average molecular weight is 414 g/mol. The zero-order valence-corrected chi connectivity index (χ0v) is 17.0. The van der Waals surface area contributed by atoms with E-state index in [2.05, 4.69) is 5.10 Å². The molecular formula is C20H29F3N4O2. The van der Waals surface area contributed by atoms with E-state index in [1.54, 1.807) is 9.80 Å². The van der Waals surface area contributed by atoms with Gasteiger partial charge in [-0.15, -0.1) is 0 Å². The zero-order valence-electron chi connectivity index (χ0n) is 17.0. The third-order valence-electron chi connectivity index (χ3n) is 6.09. The number of carbonyl (C=O) groups excluding carboxylic acids is 2. The highest BCUT2D eigenvalue weighted by Crippen LogP contribution is 2.33. The number of aryl methyl sites for hydroxylation is 1. The Balaban J connectivity index is 1.81. The van der Waals surface area contributed by atoms with Crippen molar-refractivity contribution >= 4 is 11.8 Å². The molecule has 162 valence electrons. The van der Waals surface area contributed by atoms with Crippen LogP contribution in [-0.4, -0.2) is 57.6 Å². The van der Waals surface area contributed by atoms with E-state index in [0.29, 0.717) is 12.2 Å². The Kier molecular flexibility index (Phi) is 6.53. The van der Waals surface area contributed by atoms with Crippen molar-refractivity contribution in [3.05, 3.63) is 17.5 Å². The number of carbonyl (C=O) groups is 2. The van der Waals surface area contributed by atoms with Gasteiger partial charge in [0.2, 0.25) is 11.8 Å². The van der Waals surface area contributed by atoms with Crippen LogP contribution in [0.5, 0.6) is 0 Å². The van der Waals surface area contributed by atoms with Gasteiger partial charge >= 0.3 is 6.18 Å². The van der Waals surface area contributed by atoms with E-state index in [1.807, 2.05) is 7.05 Å². The van der Waals surface area contributed by atoms with Crippen LogP contribution in [0.25, 0.3) is 0 Å². The van der Waals surface area contributed by atoms with Crippen molar-refractivity contribution in [3.8, 4) is 0 Å². The van der Waals surface area contributed by atoms with Crippen molar-refractivity contribution in [1.82, 2.24) is 19.6 Å². The number of rotatable bonds is 2. The van der Waals surface area contributed by atoms with Gasteiger partial charge in [0.1, 0.15) is 6.54 Å². The summed E-state index contributed by atoms with van der Waals surface area (Å²) in [6.45, 7) is 2.53. The normalized spacial score (nSPS) is 24.4. The molecule has 1 saturated carbocycles. The Morgan fingerprint density at radius 3 is 2.48 bits per heavy atom. The van der Waals surface area contributed by atoms with E-state index in [1.165, 1.54) is 6.92 Å². The highest BCUT2D eigenvalue weighted by atomic mass is 19.4. The Hall–Kier alpha value is -2.06. The number of nitrogens with zero attached hydrogens (tertiary/aromatic N) is 4. The molecule has 2 heterocycles. The molecule has 9 heteroatoms. The van der Waals surface area contributed by atoms with E-state index < -0.39 is 11.9 Å². The van der Waals surface area contributed by atoms with E-state index in [-0.39, 0.29) is 30.3 Å². The molecule has 1 aliphatic carbocycles. The lowest BCUT2D eigenvalue weighted by Crippen LogP contribution is -2.48. The van der Waals surface area contributed by atoms with Gasteiger partial charge in [-0.25, -0.2) is 0 Å². The van der Waals surface area contributed by atoms with Crippen LogP contribution in [0.3, 0.4) is 0 Å². The summed E-state index contributed by atoms with van der Waals surface area (Å²) in [6.07, 6.45) is 1.56. The lowest BCUT2D eigenvalue weighted by atomic mass is 9.99. The van der Waals surface area contributed by atoms with E-state index in [9.17, 15) is 22.8 Å².